The number of methoxy groups -OCH3 is 3. The van der Waals surface area contributed by atoms with Crippen LogP contribution in [-0.4, -0.2) is 50.1 Å². The number of fused-ring (bicyclic) bond motifs is 4. The largest absolute Gasteiger partial charge is 0.503 e. The van der Waals surface area contributed by atoms with E-state index in [1.807, 2.05) is 78.9 Å². The van der Waals surface area contributed by atoms with Gasteiger partial charge in [0.1, 0.15) is 11.5 Å². The number of phenols is 1. The van der Waals surface area contributed by atoms with Crippen LogP contribution >= 0.6 is 43.5 Å². The van der Waals surface area contributed by atoms with Crippen molar-refractivity contribution in [1.82, 2.24) is 0 Å². The molecule has 0 bridgehead atoms. The number of hydrogen-bond donors (Lipinski definition) is 1. The Hall–Kier alpha value is -5.69. The lowest BCUT2D eigenvalue weighted by molar-refractivity contribution is -0.127. The minimum Gasteiger partial charge on any atom is -0.503 e. The van der Waals surface area contributed by atoms with Crippen molar-refractivity contribution < 1.29 is 38.5 Å². The molecular weight excluding hydrogens is 940 g/mol. The van der Waals surface area contributed by atoms with Gasteiger partial charge in [-0.1, -0.05) is 83.9 Å². The summed E-state index contributed by atoms with van der Waals surface area (Å²) in [7, 11) is 4.64. The Bertz CT molecular complexity index is 2740. The van der Waals surface area contributed by atoms with Crippen LogP contribution in [0.5, 0.6) is 23.0 Å². The molecule has 9 rings (SSSR count). The molecule has 2 aliphatic heterocycles. The van der Waals surface area contributed by atoms with Gasteiger partial charge in [0.15, 0.2) is 11.5 Å². The fourth-order valence-corrected chi connectivity index (χ4v) is 11.4. The molecular formula is C49H39Br2ClN2O8. The van der Waals surface area contributed by atoms with Crippen LogP contribution < -0.4 is 24.0 Å². The van der Waals surface area contributed by atoms with E-state index in [1.54, 1.807) is 56.7 Å². The predicted molar refractivity (Wildman–Crippen MR) is 244 cm³/mol. The van der Waals surface area contributed by atoms with Gasteiger partial charge in [0.2, 0.25) is 23.6 Å². The number of imide groups is 2. The highest BCUT2D eigenvalue weighted by Gasteiger charge is 2.70. The minimum atomic E-state index is -1.52. The SMILES string of the molecule is COc1ccc(OC)c(C=Cc2ccc(N3C(=O)[C@H]4[C@H](CC=C5[C@H]4C[C@H]4C(=O)N(c6cccc(Cl)c6)C(=O)[C@@]4(c4ccccc4)[C@H]5c4cc(OC)c(O)c(Br)c4Br)C3=O)cc2)c1. The van der Waals surface area contributed by atoms with Crippen molar-refractivity contribution in [3.05, 3.63) is 151 Å². The molecule has 2 saturated heterocycles. The molecule has 0 spiro atoms. The normalized spacial score (nSPS) is 24.2. The molecule has 2 heterocycles. The summed E-state index contributed by atoms with van der Waals surface area (Å²) in [5.41, 5.74) is 2.83. The van der Waals surface area contributed by atoms with E-state index in [0.29, 0.717) is 48.0 Å². The molecule has 0 radical (unpaired) electrons. The van der Waals surface area contributed by atoms with Gasteiger partial charge in [-0.15, -0.1) is 0 Å². The fraction of sp³-hybridized carbons (Fsp3) is 0.224. The molecule has 4 aliphatic rings. The van der Waals surface area contributed by atoms with E-state index in [1.165, 1.54) is 16.9 Å². The molecule has 5 aromatic carbocycles. The van der Waals surface area contributed by atoms with Crippen LogP contribution in [0.1, 0.15) is 41.0 Å². The molecule has 0 unspecified atom stereocenters. The van der Waals surface area contributed by atoms with Gasteiger partial charge >= 0.3 is 0 Å². The zero-order chi connectivity index (χ0) is 43.6. The smallest absolute Gasteiger partial charge is 0.246 e. The number of hydrogen-bond acceptors (Lipinski definition) is 8. The second-order valence-electron chi connectivity index (χ2n) is 15.8. The quantitative estimate of drug-likeness (QED) is 0.0881. The van der Waals surface area contributed by atoms with E-state index in [-0.39, 0.29) is 36.2 Å². The number of benzene rings is 5. The van der Waals surface area contributed by atoms with Gasteiger partial charge in [-0.05, 0) is 122 Å². The van der Waals surface area contributed by atoms with Gasteiger partial charge in [-0.3, -0.25) is 24.1 Å². The molecule has 10 nitrogen and oxygen atoms in total. The van der Waals surface area contributed by atoms with E-state index < -0.39 is 46.8 Å². The number of carbonyl (C=O) groups excluding carboxylic acids is 4. The lowest BCUT2D eigenvalue weighted by Gasteiger charge is -2.51. The summed E-state index contributed by atoms with van der Waals surface area (Å²) in [6, 6.07) is 30.3. The maximum atomic E-state index is 15.6. The number of allylic oxidation sites excluding steroid dienone is 2. The topological polar surface area (TPSA) is 123 Å². The van der Waals surface area contributed by atoms with E-state index in [0.717, 1.165) is 16.7 Å². The highest BCUT2D eigenvalue weighted by molar-refractivity contribution is 9.13. The second kappa shape index (κ2) is 16.2. The summed E-state index contributed by atoms with van der Waals surface area (Å²) in [5, 5.41) is 11.5. The summed E-state index contributed by atoms with van der Waals surface area (Å²) >= 11 is 13.8. The van der Waals surface area contributed by atoms with Gasteiger partial charge in [0.25, 0.3) is 0 Å². The zero-order valence-electron chi connectivity index (χ0n) is 33.7. The van der Waals surface area contributed by atoms with Crippen molar-refractivity contribution in [2.45, 2.75) is 24.2 Å². The molecule has 1 N–H and O–H groups in total. The van der Waals surface area contributed by atoms with E-state index in [9.17, 15) is 14.7 Å². The second-order valence-corrected chi connectivity index (χ2v) is 17.8. The Morgan fingerprint density at radius 3 is 2.16 bits per heavy atom. The first-order valence-corrected chi connectivity index (χ1v) is 21.9. The summed E-state index contributed by atoms with van der Waals surface area (Å²) < 4.78 is 17.3. The Morgan fingerprint density at radius 2 is 1.47 bits per heavy atom. The van der Waals surface area contributed by atoms with Gasteiger partial charge in [-0.2, -0.15) is 0 Å². The van der Waals surface area contributed by atoms with Crippen molar-refractivity contribution in [3.63, 3.8) is 0 Å². The molecule has 3 fully saturated rings. The van der Waals surface area contributed by atoms with E-state index in [2.05, 4.69) is 31.9 Å². The highest BCUT2D eigenvalue weighted by atomic mass is 79.9. The summed E-state index contributed by atoms with van der Waals surface area (Å²) in [5.74, 6) is -4.15. The van der Waals surface area contributed by atoms with Crippen LogP contribution in [-0.2, 0) is 24.6 Å². The van der Waals surface area contributed by atoms with Crippen LogP contribution in [0.15, 0.2) is 124 Å². The Balaban J connectivity index is 1.15. The maximum absolute atomic E-state index is 15.6. The van der Waals surface area contributed by atoms with Crippen molar-refractivity contribution in [2.75, 3.05) is 31.1 Å². The fourth-order valence-electron chi connectivity index (χ4n) is 10.2. The molecule has 5 aromatic rings. The van der Waals surface area contributed by atoms with Crippen LogP contribution in [0.4, 0.5) is 11.4 Å². The average molecular weight is 979 g/mol. The molecule has 2 aliphatic carbocycles. The van der Waals surface area contributed by atoms with E-state index >= 15 is 9.59 Å². The van der Waals surface area contributed by atoms with Crippen molar-refractivity contribution in [3.8, 4) is 23.0 Å². The zero-order valence-corrected chi connectivity index (χ0v) is 37.6. The number of aromatic hydroxyl groups is 1. The third kappa shape index (κ3) is 6.40. The Morgan fingerprint density at radius 1 is 0.726 bits per heavy atom. The molecule has 1 saturated carbocycles. The number of nitrogens with zero attached hydrogens (tertiary/aromatic N) is 2. The molecule has 13 heteroatoms. The molecule has 314 valence electrons. The first kappa shape index (κ1) is 41.7. The van der Waals surface area contributed by atoms with Gasteiger partial charge < -0.3 is 19.3 Å². The molecule has 0 aromatic heterocycles. The number of carbonyl (C=O) groups is 4. The minimum absolute atomic E-state index is 0.123. The third-order valence-corrected chi connectivity index (χ3v) is 15.3. The standard InChI is InChI=1S/C49H39Br2ClN2O8/c1-60-32-18-21-38(61-2)27(22-32)15-12-26-13-16-30(17-14-26)53-45(56)34-20-19-33-35(40(34)47(53)58)24-37-46(57)54(31-11-7-10-29(52)23-31)48(59)49(37,28-8-5-4-6-9-28)41(33)36-25-39(62-3)44(55)43(51)42(36)50/h4-19,21-23,25,34-35,37,40-41,55H,20,24H2,1-3H3/t34-,35+,37-,40-,41+,49+/m0/s1. The van der Waals surface area contributed by atoms with Gasteiger partial charge in [0.05, 0.1) is 60.3 Å². The predicted octanol–water partition coefficient (Wildman–Crippen LogP) is 10.1. The third-order valence-electron chi connectivity index (χ3n) is 12.9. The van der Waals surface area contributed by atoms with Crippen LogP contribution in [0.2, 0.25) is 5.02 Å². The average Bonchev–Trinajstić information content (AvgIpc) is 3.68. The maximum Gasteiger partial charge on any atom is 0.246 e. The van der Waals surface area contributed by atoms with Crippen LogP contribution in [0.25, 0.3) is 12.2 Å². The number of halogens is 3. The lowest BCUT2D eigenvalue weighted by Crippen LogP contribution is -2.53. The van der Waals surface area contributed by atoms with Crippen molar-refractivity contribution in [1.29, 1.82) is 0 Å². The first-order valence-electron chi connectivity index (χ1n) is 20.0. The first-order chi connectivity index (χ1) is 29.9. The number of amides is 4. The van der Waals surface area contributed by atoms with Crippen molar-refractivity contribution in [2.24, 2.45) is 23.7 Å². The van der Waals surface area contributed by atoms with Crippen molar-refractivity contribution >= 4 is 90.6 Å². The summed E-state index contributed by atoms with van der Waals surface area (Å²) in [6.07, 6.45) is 6.17. The summed E-state index contributed by atoms with van der Waals surface area (Å²) in [4.78, 5) is 62.7. The monoisotopic (exact) mass is 976 g/mol. The molecule has 6 atom stereocenters. The Kier molecular flexibility index (Phi) is 10.9. The lowest BCUT2D eigenvalue weighted by atomic mass is 9.49. The number of rotatable bonds is 9. The van der Waals surface area contributed by atoms with Crippen LogP contribution in [0, 0.1) is 23.7 Å². The number of phenolic OH excluding ortho intramolecular Hbond substituents is 1. The molecule has 4 amide bonds. The Labute approximate surface area is 380 Å². The highest BCUT2D eigenvalue weighted by Crippen LogP contribution is 2.66. The van der Waals surface area contributed by atoms with Gasteiger partial charge in [0, 0.05) is 21.0 Å². The molecule has 62 heavy (non-hydrogen) atoms. The van der Waals surface area contributed by atoms with E-state index in [4.69, 9.17) is 25.8 Å². The van der Waals surface area contributed by atoms with Gasteiger partial charge in [-0.25, -0.2) is 4.90 Å². The van der Waals surface area contributed by atoms with Crippen LogP contribution in [0.3, 0.4) is 0 Å². The number of anilines is 2. The summed E-state index contributed by atoms with van der Waals surface area (Å²) in [6.45, 7) is 0. The number of ether oxygens (including phenoxy) is 3.